The molecular weight excluding hydrogens is 344 g/mol. The normalized spacial score (nSPS) is 16.0. The van der Waals surface area contributed by atoms with Crippen LogP contribution in [-0.4, -0.2) is 18.2 Å². The Balaban J connectivity index is 0.00000264. The van der Waals surface area contributed by atoms with Crippen molar-refractivity contribution in [2.75, 3.05) is 0 Å². The number of benzene rings is 1. The molecule has 0 fully saturated rings. The van der Waals surface area contributed by atoms with Crippen molar-refractivity contribution in [3.8, 4) is 17.6 Å². The minimum Gasteiger partial charge on any atom is -0.545 e. The van der Waals surface area contributed by atoms with Crippen molar-refractivity contribution in [2.45, 2.75) is 25.6 Å². The van der Waals surface area contributed by atoms with Crippen LogP contribution in [0.15, 0.2) is 17.7 Å². The van der Waals surface area contributed by atoms with Crippen molar-refractivity contribution in [3.63, 3.8) is 0 Å². The van der Waals surface area contributed by atoms with Crippen LogP contribution in [-0.2, 0) is 4.79 Å². The fourth-order valence-electron chi connectivity index (χ4n) is 1.96. The van der Waals surface area contributed by atoms with Gasteiger partial charge in [0.1, 0.15) is 5.75 Å². The molecule has 2 rings (SSSR count). The summed E-state index contributed by atoms with van der Waals surface area (Å²) in [6.07, 6.45) is -6.15. The first-order valence-electron chi connectivity index (χ1n) is 6.22. The number of alkyl halides is 3. The summed E-state index contributed by atoms with van der Waals surface area (Å²) in [7, 11) is 0. The van der Waals surface area contributed by atoms with Gasteiger partial charge in [-0.3, -0.25) is 0 Å². The first-order valence-corrected chi connectivity index (χ1v) is 6.60. The third kappa shape index (κ3) is 4.45. The summed E-state index contributed by atoms with van der Waals surface area (Å²) in [5.41, 5.74) is -0.712. The monoisotopic (exact) mass is 352 g/mol. The fraction of sp³-hybridized carbons (Fsp3) is 0.267. The van der Waals surface area contributed by atoms with Gasteiger partial charge in [0.25, 0.3) is 0 Å². The molecule has 1 aliphatic rings. The van der Waals surface area contributed by atoms with Crippen molar-refractivity contribution in [2.24, 2.45) is 0 Å². The zero-order chi connectivity index (χ0) is 16.5. The molecule has 0 saturated heterocycles. The zero-order valence-corrected chi connectivity index (χ0v) is 15.0. The van der Waals surface area contributed by atoms with Crippen LogP contribution in [0, 0.1) is 11.8 Å². The first-order chi connectivity index (χ1) is 10.2. The topological polar surface area (TPSA) is 49.4 Å². The number of halogens is 4. The number of aliphatic carboxylic acids is 1. The van der Waals surface area contributed by atoms with Gasteiger partial charge < -0.3 is 14.6 Å². The molecule has 0 N–H and O–H groups in total. The van der Waals surface area contributed by atoms with Crippen LogP contribution in [0.4, 0.5) is 13.2 Å². The van der Waals surface area contributed by atoms with E-state index in [1.165, 1.54) is 12.1 Å². The molecule has 0 saturated carbocycles. The summed E-state index contributed by atoms with van der Waals surface area (Å²) in [5, 5.41) is 11.2. The molecule has 1 aromatic carbocycles. The Bertz CT molecular complexity index is 717. The molecule has 1 aliphatic heterocycles. The molecule has 1 heterocycles. The number of hydrogen-bond donors (Lipinski definition) is 0. The smallest absolute Gasteiger partial charge is 0.545 e. The van der Waals surface area contributed by atoms with Crippen LogP contribution in [0.25, 0.3) is 6.08 Å². The number of fused-ring (bicyclic) bond motifs is 1. The minimum atomic E-state index is -4.89. The molecule has 1 aromatic rings. The van der Waals surface area contributed by atoms with E-state index in [1.807, 2.05) is 0 Å². The van der Waals surface area contributed by atoms with Crippen molar-refractivity contribution < 1.29 is 57.4 Å². The molecule has 0 radical (unpaired) electrons. The van der Waals surface area contributed by atoms with E-state index < -0.39 is 23.8 Å². The first kappa shape index (κ1) is 19.9. The summed E-state index contributed by atoms with van der Waals surface area (Å²) < 4.78 is 43.8. The number of ether oxygens (including phenoxy) is 1. The fourth-order valence-corrected chi connectivity index (χ4v) is 2.19. The van der Waals surface area contributed by atoms with Crippen LogP contribution in [0.1, 0.15) is 24.5 Å². The quantitative estimate of drug-likeness (QED) is 0.509. The molecule has 116 valence electrons. The third-order valence-electron chi connectivity index (χ3n) is 2.84. The molecule has 0 bridgehead atoms. The van der Waals surface area contributed by atoms with E-state index in [2.05, 4.69) is 11.8 Å². The van der Waals surface area contributed by atoms with Crippen molar-refractivity contribution >= 4 is 23.6 Å². The number of carboxylic acids is 1. The molecular formula is C15H9ClF3NaO3. The molecule has 23 heavy (non-hydrogen) atoms. The molecule has 8 heteroatoms. The van der Waals surface area contributed by atoms with Crippen LogP contribution in [0.3, 0.4) is 0 Å². The van der Waals surface area contributed by atoms with Gasteiger partial charge in [0.15, 0.2) is 0 Å². The second kappa shape index (κ2) is 7.63. The largest absolute Gasteiger partial charge is 1.00 e. The van der Waals surface area contributed by atoms with Gasteiger partial charge in [0, 0.05) is 22.6 Å². The summed E-state index contributed by atoms with van der Waals surface area (Å²) in [5.74, 6) is 3.28. The van der Waals surface area contributed by atoms with E-state index in [-0.39, 0.29) is 51.5 Å². The Morgan fingerprint density at radius 3 is 2.61 bits per heavy atom. The van der Waals surface area contributed by atoms with E-state index in [9.17, 15) is 23.1 Å². The Hall–Kier alpha value is -1.13. The predicted molar refractivity (Wildman–Crippen MR) is 72.1 cm³/mol. The Labute approximate surface area is 157 Å². The zero-order valence-electron chi connectivity index (χ0n) is 12.3. The molecule has 1 atom stereocenters. The number of carbonyl (C=O) groups excluding carboxylic acids is 1. The van der Waals surface area contributed by atoms with Crippen LogP contribution >= 0.6 is 11.6 Å². The van der Waals surface area contributed by atoms with Gasteiger partial charge >= 0.3 is 35.7 Å². The minimum absolute atomic E-state index is 0. The molecule has 0 amide bonds. The maximum atomic E-state index is 13.0. The molecule has 3 nitrogen and oxygen atoms in total. The van der Waals surface area contributed by atoms with Gasteiger partial charge in [0.2, 0.25) is 6.10 Å². The number of rotatable bonds is 1. The SMILES string of the molecule is CCC#Cc1cc(Cl)cc2c1OC(C(F)(F)F)C(C(=O)[O-])=C2.[Na+]. The molecule has 0 spiro atoms. The third-order valence-corrected chi connectivity index (χ3v) is 3.06. The van der Waals surface area contributed by atoms with Gasteiger partial charge in [0.05, 0.1) is 11.5 Å². The maximum Gasteiger partial charge on any atom is 1.00 e. The van der Waals surface area contributed by atoms with Crippen molar-refractivity contribution in [1.29, 1.82) is 0 Å². The maximum absolute atomic E-state index is 13.0. The number of carboxylic acid groups (broad SMARTS) is 1. The summed E-state index contributed by atoms with van der Waals surface area (Å²) >= 11 is 5.88. The van der Waals surface area contributed by atoms with E-state index in [1.54, 1.807) is 6.92 Å². The van der Waals surface area contributed by atoms with Gasteiger partial charge in [-0.2, -0.15) is 13.2 Å². The summed E-state index contributed by atoms with van der Waals surface area (Å²) in [6.45, 7) is 1.78. The Morgan fingerprint density at radius 1 is 1.43 bits per heavy atom. The predicted octanol–water partition coefficient (Wildman–Crippen LogP) is -0.438. The molecule has 0 aliphatic carbocycles. The number of hydrogen-bond acceptors (Lipinski definition) is 3. The van der Waals surface area contributed by atoms with E-state index in [0.717, 1.165) is 6.08 Å². The molecule has 1 unspecified atom stereocenters. The van der Waals surface area contributed by atoms with Crippen molar-refractivity contribution in [3.05, 3.63) is 33.9 Å². The Morgan fingerprint density at radius 2 is 2.09 bits per heavy atom. The van der Waals surface area contributed by atoms with Crippen LogP contribution in [0.5, 0.6) is 5.75 Å². The standard InChI is InChI=1S/C15H10ClF3O3.Na/c1-2-3-4-8-5-10(16)6-9-7-11(14(20)21)13(15(17,18)19)22-12(8)9;/h5-7,13H,2H2,1H3,(H,20,21);/q;+1/p-1. The van der Waals surface area contributed by atoms with Crippen LogP contribution in [0.2, 0.25) is 5.02 Å². The van der Waals surface area contributed by atoms with Gasteiger partial charge in [-0.15, -0.1) is 0 Å². The Kier molecular flexibility index (Phi) is 6.60. The summed E-state index contributed by atoms with van der Waals surface area (Å²) in [4.78, 5) is 10.9. The van der Waals surface area contributed by atoms with Gasteiger partial charge in [-0.05, 0) is 18.2 Å². The van der Waals surface area contributed by atoms with E-state index in [0.29, 0.717) is 6.42 Å². The van der Waals surface area contributed by atoms with E-state index in [4.69, 9.17) is 16.3 Å². The van der Waals surface area contributed by atoms with Gasteiger partial charge in [-0.25, -0.2) is 0 Å². The molecule has 0 aromatic heterocycles. The van der Waals surface area contributed by atoms with Gasteiger partial charge in [-0.1, -0.05) is 30.4 Å². The summed E-state index contributed by atoms with van der Waals surface area (Å²) in [6, 6.07) is 2.68. The second-order valence-electron chi connectivity index (χ2n) is 4.45. The average Bonchev–Trinajstić information content (AvgIpc) is 2.42. The van der Waals surface area contributed by atoms with Crippen LogP contribution < -0.4 is 39.4 Å². The van der Waals surface area contributed by atoms with E-state index >= 15 is 0 Å². The second-order valence-corrected chi connectivity index (χ2v) is 4.89. The average molecular weight is 353 g/mol. The number of carbonyl (C=O) groups is 1. The van der Waals surface area contributed by atoms with Crippen molar-refractivity contribution in [1.82, 2.24) is 0 Å².